The van der Waals surface area contributed by atoms with Gasteiger partial charge in [-0.15, -0.1) is 0 Å². The Bertz CT molecular complexity index is 1450. The number of fused-ring (bicyclic) bond motifs is 1. The van der Waals surface area contributed by atoms with E-state index < -0.39 is 21.5 Å². The number of benzene rings is 3. The summed E-state index contributed by atoms with van der Waals surface area (Å²) in [6.07, 6.45) is 1.16. The van der Waals surface area contributed by atoms with E-state index in [-0.39, 0.29) is 20.9 Å². The first-order valence-corrected chi connectivity index (χ1v) is 10.5. The third-order valence-corrected chi connectivity index (χ3v) is 6.51. The van der Waals surface area contributed by atoms with Crippen molar-refractivity contribution in [3.05, 3.63) is 89.1 Å². The highest BCUT2D eigenvalue weighted by molar-refractivity contribution is 7.91. The maximum Gasteiger partial charge on any atom is 0.208 e. The number of nitrogens with zero attached hydrogens (tertiary/aromatic N) is 2. The van der Waals surface area contributed by atoms with E-state index in [1.165, 1.54) is 24.3 Å². The van der Waals surface area contributed by atoms with Crippen LogP contribution in [0.3, 0.4) is 0 Å². The summed E-state index contributed by atoms with van der Waals surface area (Å²) in [5.41, 5.74) is 1.02. The summed E-state index contributed by atoms with van der Waals surface area (Å²) >= 11 is 6.03. The molecule has 0 N–H and O–H groups in total. The van der Waals surface area contributed by atoms with Gasteiger partial charge in [0.2, 0.25) is 9.84 Å². The summed E-state index contributed by atoms with van der Waals surface area (Å²) in [4.78, 5) is 3.63. The highest BCUT2D eigenvalue weighted by Crippen LogP contribution is 2.37. The SMILES string of the molecule is N#Cc1cc(F)cc(S(=O)(=O)c2cnc3cc(Cl)ccc3c2-c2ccc(F)cc2)c1. The molecule has 0 saturated carbocycles. The average Bonchev–Trinajstić information content (AvgIpc) is 2.72. The number of rotatable bonds is 3. The normalized spacial score (nSPS) is 11.4. The molecule has 4 rings (SSSR count). The summed E-state index contributed by atoms with van der Waals surface area (Å²) in [5.74, 6) is -1.33. The fourth-order valence-electron chi connectivity index (χ4n) is 3.18. The number of hydrogen-bond donors (Lipinski definition) is 0. The standard InChI is InChI=1S/C22H11ClF2N2O2S/c23-15-3-6-19-20(9-15)27-12-21(22(19)14-1-4-16(24)5-2-14)30(28,29)18-8-13(11-26)7-17(25)10-18/h1-10,12H. The number of nitriles is 1. The van der Waals surface area contributed by atoms with E-state index in [1.54, 1.807) is 24.3 Å². The van der Waals surface area contributed by atoms with Crippen LogP contribution in [-0.2, 0) is 9.84 Å². The van der Waals surface area contributed by atoms with Gasteiger partial charge in [-0.05, 0) is 48.0 Å². The molecular weight excluding hydrogens is 430 g/mol. The van der Waals surface area contributed by atoms with Gasteiger partial charge in [-0.1, -0.05) is 29.8 Å². The Morgan fingerprint density at radius 1 is 0.933 bits per heavy atom. The van der Waals surface area contributed by atoms with Gasteiger partial charge in [-0.25, -0.2) is 17.2 Å². The van der Waals surface area contributed by atoms with Gasteiger partial charge >= 0.3 is 0 Å². The zero-order chi connectivity index (χ0) is 21.5. The van der Waals surface area contributed by atoms with Crippen LogP contribution in [0, 0.1) is 23.0 Å². The van der Waals surface area contributed by atoms with Crippen molar-refractivity contribution in [3.63, 3.8) is 0 Å². The molecule has 0 spiro atoms. The first-order chi connectivity index (χ1) is 14.3. The van der Waals surface area contributed by atoms with Crippen molar-refractivity contribution in [2.24, 2.45) is 0 Å². The lowest BCUT2D eigenvalue weighted by atomic mass is 10.0. The smallest absolute Gasteiger partial charge is 0.208 e. The molecule has 0 atom stereocenters. The van der Waals surface area contributed by atoms with Crippen LogP contribution in [0.15, 0.2) is 76.7 Å². The highest BCUT2D eigenvalue weighted by atomic mass is 35.5. The topological polar surface area (TPSA) is 70.8 Å². The molecule has 0 bridgehead atoms. The second kappa shape index (κ2) is 7.48. The monoisotopic (exact) mass is 440 g/mol. The molecular formula is C22H11ClF2N2O2S. The van der Waals surface area contributed by atoms with Gasteiger partial charge in [-0.3, -0.25) is 4.98 Å². The maximum absolute atomic E-state index is 13.9. The fraction of sp³-hybridized carbons (Fsp3) is 0. The van der Waals surface area contributed by atoms with Crippen molar-refractivity contribution in [2.75, 3.05) is 0 Å². The molecule has 1 heterocycles. The van der Waals surface area contributed by atoms with E-state index in [1.807, 2.05) is 0 Å². The van der Waals surface area contributed by atoms with Gasteiger partial charge in [-0.2, -0.15) is 5.26 Å². The van der Waals surface area contributed by atoms with Gasteiger partial charge in [0.25, 0.3) is 0 Å². The van der Waals surface area contributed by atoms with E-state index in [2.05, 4.69) is 4.98 Å². The van der Waals surface area contributed by atoms with Crippen molar-refractivity contribution in [1.82, 2.24) is 4.98 Å². The zero-order valence-electron chi connectivity index (χ0n) is 15.1. The van der Waals surface area contributed by atoms with Crippen molar-refractivity contribution in [2.45, 2.75) is 9.79 Å². The van der Waals surface area contributed by atoms with Crippen LogP contribution in [-0.4, -0.2) is 13.4 Å². The van der Waals surface area contributed by atoms with Crippen molar-refractivity contribution < 1.29 is 17.2 Å². The first kappa shape index (κ1) is 20.0. The Labute approximate surface area is 175 Å². The average molecular weight is 441 g/mol. The molecule has 0 unspecified atom stereocenters. The third kappa shape index (κ3) is 3.52. The van der Waals surface area contributed by atoms with Crippen molar-refractivity contribution in [1.29, 1.82) is 5.26 Å². The van der Waals surface area contributed by atoms with Crippen LogP contribution in [0.2, 0.25) is 5.02 Å². The lowest BCUT2D eigenvalue weighted by Gasteiger charge is -2.14. The van der Waals surface area contributed by atoms with Crippen LogP contribution in [0.1, 0.15) is 5.56 Å². The predicted octanol–water partition coefficient (Wildman–Crippen LogP) is 5.54. The predicted molar refractivity (Wildman–Crippen MR) is 109 cm³/mol. The van der Waals surface area contributed by atoms with Crippen molar-refractivity contribution >= 4 is 32.3 Å². The van der Waals surface area contributed by atoms with E-state index in [4.69, 9.17) is 16.9 Å². The summed E-state index contributed by atoms with van der Waals surface area (Å²) in [6.45, 7) is 0. The number of halogens is 3. The first-order valence-electron chi connectivity index (χ1n) is 8.59. The quantitative estimate of drug-likeness (QED) is 0.419. The second-order valence-electron chi connectivity index (χ2n) is 6.46. The maximum atomic E-state index is 13.9. The number of hydrogen-bond acceptors (Lipinski definition) is 4. The van der Waals surface area contributed by atoms with Crippen LogP contribution >= 0.6 is 11.6 Å². The summed E-state index contributed by atoms with van der Waals surface area (Å²) in [6, 6.07) is 14.7. The Morgan fingerprint density at radius 2 is 1.67 bits per heavy atom. The summed E-state index contributed by atoms with van der Waals surface area (Å²) in [5, 5.41) is 9.97. The largest absolute Gasteiger partial charge is 0.255 e. The van der Waals surface area contributed by atoms with Gasteiger partial charge < -0.3 is 0 Å². The van der Waals surface area contributed by atoms with Crippen molar-refractivity contribution in [3.8, 4) is 17.2 Å². The highest BCUT2D eigenvalue weighted by Gasteiger charge is 2.26. The van der Waals surface area contributed by atoms with E-state index >= 15 is 0 Å². The lowest BCUT2D eigenvalue weighted by molar-refractivity contribution is 0.590. The molecule has 0 saturated heterocycles. The molecule has 0 aliphatic carbocycles. The molecule has 0 amide bonds. The van der Waals surface area contributed by atoms with Gasteiger partial charge in [0.15, 0.2) is 0 Å². The molecule has 8 heteroatoms. The zero-order valence-corrected chi connectivity index (χ0v) is 16.7. The molecule has 4 nitrogen and oxygen atoms in total. The molecule has 0 aliphatic rings. The molecule has 4 aromatic rings. The van der Waals surface area contributed by atoms with E-state index in [9.17, 15) is 17.2 Å². The Balaban J connectivity index is 2.07. The second-order valence-corrected chi connectivity index (χ2v) is 8.81. The van der Waals surface area contributed by atoms with Crippen LogP contribution in [0.4, 0.5) is 8.78 Å². The Hall–Kier alpha value is -3.34. The van der Waals surface area contributed by atoms with Crippen LogP contribution < -0.4 is 0 Å². The summed E-state index contributed by atoms with van der Waals surface area (Å²) in [7, 11) is -4.26. The minimum atomic E-state index is -4.26. The van der Waals surface area contributed by atoms with Crippen LogP contribution in [0.5, 0.6) is 0 Å². The minimum Gasteiger partial charge on any atom is -0.255 e. The summed E-state index contributed by atoms with van der Waals surface area (Å²) < 4.78 is 54.2. The number of sulfone groups is 1. The Kier molecular flexibility index (Phi) is 4.98. The van der Waals surface area contributed by atoms with Gasteiger partial charge in [0, 0.05) is 22.2 Å². The third-order valence-electron chi connectivity index (χ3n) is 4.53. The van der Waals surface area contributed by atoms with E-state index in [0.717, 1.165) is 24.4 Å². The number of pyridine rings is 1. The van der Waals surface area contributed by atoms with E-state index in [0.29, 0.717) is 21.5 Å². The molecule has 30 heavy (non-hydrogen) atoms. The van der Waals surface area contributed by atoms with Crippen LogP contribution in [0.25, 0.3) is 22.0 Å². The molecule has 0 aliphatic heterocycles. The number of aromatic nitrogens is 1. The fourth-order valence-corrected chi connectivity index (χ4v) is 4.83. The minimum absolute atomic E-state index is 0.127. The Morgan fingerprint density at radius 3 is 2.37 bits per heavy atom. The molecule has 3 aromatic carbocycles. The van der Waals surface area contributed by atoms with Gasteiger partial charge in [0.05, 0.1) is 26.9 Å². The molecule has 148 valence electrons. The lowest BCUT2D eigenvalue weighted by Crippen LogP contribution is -2.06. The molecule has 0 fully saturated rings. The molecule has 1 aromatic heterocycles. The van der Waals surface area contributed by atoms with Gasteiger partial charge in [0.1, 0.15) is 11.6 Å². The molecule has 0 radical (unpaired) electrons.